The maximum atomic E-state index is 14.0. The number of allylic oxidation sites excluding steroid dienone is 1. The van der Waals surface area contributed by atoms with Gasteiger partial charge >= 0.3 is 0 Å². The molecule has 0 unspecified atom stereocenters. The highest BCUT2D eigenvalue weighted by Gasteiger charge is 2.57. The molecule has 6 heteroatoms. The number of amides is 1. The van der Waals surface area contributed by atoms with E-state index in [1.165, 1.54) is 12.4 Å². The van der Waals surface area contributed by atoms with Crippen molar-refractivity contribution in [3.05, 3.63) is 88.8 Å². The van der Waals surface area contributed by atoms with Crippen molar-refractivity contribution in [3.8, 4) is 0 Å². The van der Waals surface area contributed by atoms with Gasteiger partial charge < -0.3 is 4.79 Å². The van der Waals surface area contributed by atoms with Crippen molar-refractivity contribution in [1.29, 1.82) is 0 Å². The van der Waals surface area contributed by atoms with Crippen LogP contribution in [-0.2, 0) is 15.0 Å². The molecule has 1 aromatic carbocycles. The maximum absolute atomic E-state index is 14.0. The number of nitrogens with zero attached hydrogens (tertiary/aromatic N) is 4. The van der Waals surface area contributed by atoms with Crippen LogP contribution >= 0.6 is 0 Å². The highest BCUT2D eigenvalue weighted by atomic mass is 16.2. The number of aromatic nitrogens is 2. The molecular formula is C23H20N4O2. The molecule has 0 fully saturated rings. The third-order valence-corrected chi connectivity index (χ3v) is 5.73. The van der Waals surface area contributed by atoms with Crippen molar-refractivity contribution in [2.45, 2.75) is 26.2 Å². The normalized spacial score (nSPS) is 23.0. The van der Waals surface area contributed by atoms with Gasteiger partial charge in [0.15, 0.2) is 5.78 Å². The standard InChI is InChI=1S/C23H20N4O2/c1-15-12-19(26-14-25-15)27-11-10-18-22(2,3)20(28)17(24-4)13-23(18,21(27)29)16-8-6-5-7-9-16/h5-10,12-14H,11H2,1-3H3/t23-/m0/s1. The van der Waals surface area contributed by atoms with Crippen LogP contribution < -0.4 is 4.90 Å². The molecule has 0 saturated heterocycles. The van der Waals surface area contributed by atoms with Gasteiger partial charge in [-0.2, -0.15) is 0 Å². The van der Waals surface area contributed by atoms with Crippen molar-refractivity contribution in [3.63, 3.8) is 0 Å². The first-order valence-electron chi connectivity index (χ1n) is 9.34. The van der Waals surface area contributed by atoms with E-state index in [-0.39, 0.29) is 17.4 Å². The first kappa shape index (κ1) is 18.8. The van der Waals surface area contributed by atoms with Crippen LogP contribution in [0.5, 0.6) is 0 Å². The van der Waals surface area contributed by atoms with Gasteiger partial charge in [0.05, 0.1) is 6.57 Å². The van der Waals surface area contributed by atoms with Gasteiger partial charge in [0.25, 0.3) is 0 Å². The van der Waals surface area contributed by atoms with E-state index in [9.17, 15) is 9.59 Å². The monoisotopic (exact) mass is 384 g/mol. The Morgan fingerprint density at radius 2 is 1.86 bits per heavy atom. The second-order valence-corrected chi connectivity index (χ2v) is 7.82. The van der Waals surface area contributed by atoms with Crippen LogP contribution in [-0.4, -0.2) is 28.2 Å². The fourth-order valence-electron chi connectivity index (χ4n) is 4.29. The number of rotatable bonds is 2. The minimum Gasteiger partial charge on any atom is -0.307 e. The Morgan fingerprint density at radius 1 is 1.14 bits per heavy atom. The third-order valence-electron chi connectivity index (χ3n) is 5.73. The zero-order chi connectivity index (χ0) is 20.8. The molecule has 2 aliphatic rings. The lowest BCUT2D eigenvalue weighted by molar-refractivity contribution is -0.125. The highest BCUT2D eigenvalue weighted by Crippen LogP contribution is 2.52. The first-order chi connectivity index (χ1) is 13.8. The summed E-state index contributed by atoms with van der Waals surface area (Å²) in [5.74, 6) is 0.0195. The second-order valence-electron chi connectivity index (χ2n) is 7.82. The number of aryl methyl sites for hydroxylation is 1. The molecule has 1 amide bonds. The molecular weight excluding hydrogens is 364 g/mol. The van der Waals surface area contributed by atoms with Gasteiger partial charge in [-0.3, -0.25) is 9.69 Å². The predicted molar refractivity (Wildman–Crippen MR) is 109 cm³/mol. The van der Waals surface area contributed by atoms with Crippen molar-refractivity contribution >= 4 is 17.5 Å². The smallest absolute Gasteiger partial charge is 0.245 e. The van der Waals surface area contributed by atoms with E-state index in [4.69, 9.17) is 6.57 Å². The molecule has 0 bridgehead atoms. The maximum Gasteiger partial charge on any atom is 0.245 e. The number of carbonyl (C=O) groups excluding carboxylic acids is 2. The van der Waals surface area contributed by atoms with Gasteiger partial charge in [0, 0.05) is 23.7 Å². The summed E-state index contributed by atoms with van der Waals surface area (Å²) in [6.45, 7) is 13.3. The van der Waals surface area contributed by atoms with Crippen LogP contribution in [0, 0.1) is 18.9 Å². The summed E-state index contributed by atoms with van der Waals surface area (Å²) in [6.07, 6.45) is 4.90. The van der Waals surface area contributed by atoms with Gasteiger partial charge in [-0.25, -0.2) is 14.8 Å². The molecule has 1 aliphatic carbocycles. The Hall–Kier alpha value is -3.59. The summed E-state index contributed by atoms with van der Waals surface area (Å²) in [5, 5.41) is 0. The molecule has 4 rings (SSSR count). The van der Waals surface area contributed by atoms with Gasteiger partial charge in [-0.05, 0) is 18.1 Å². The number of hydrogen-bond donors (Lipinski definition) is 0. The molecule has 1 atom stereocenters. The van der Waals surface area contributed by atoms with Crippen LogP contribution in [0.2, 0.25) is 0 Å². The number of hydrogen-bond acceptors (Lipinski definition) is 4. The fourth-order valence-corrected chi connectivity index (χ4v) is 4.29. The van der Waals surface area contributed by atoms with E-state index in [0.717, 1.165) is 11.3 Å². The third kappa shape index (κ3) is 2.62. The lowest BCUT2D eigenvalue weighted by Gasteiger charge is -2.48. The van der Waals surface area contributed by atoms with Gasteiger partial charge in [-0.1, -0.05) is 56.3 Å². The average molecular weight is 384 g/mol. The Labute approximate surface area is 169 Å². The fraction of sp³-hybridized carbons (Fsp3) is 0.261. The molecule has 0 saturated carbocycles. The quantitative estimate of drug-likeness (QED) is 0.588. The van der Waals surface area contributed by atoms with Gasteiger partial charge in [0.1, 0.15) is 17.6 Å². The van der Waals surface area contributed by atoms with Gasteiger partial charge in [-0.15, -0.1) is 0 Å². The summed E-state index contributed by atoms with van der Waals surface area (Å²) in [7, 11) is 0. The number of anilines is 1. The summed E-state index contributed by atoms with van der Waals surface area (Å²) in [5.41, 5.74) is -0.00856. The molecule has 1 aliphatic heterocycles. The summed E-state index contributed by atoms with van der Waals surface area (Å²) in [6, 6.07) is 11.1. The first-order valence-corrected chi connectivity index (χ1v) is 9.34. The number of carbonyl (C=O) groups is 2. The van der Waals surface area contributed by atoms with Crippen molar-refractivity contribution in [2.24, 2.45) is 5.41 Å². The molecule has 144 valence electrons. The summed E-state index contributed by atoms with van der Waals surface area (Å²) in [4.78, 5) is 40.4. The molecule has 0 spiro atoms. The lowest BCUT2D eigenvalue weighted by atomic mass is 9.57. The van der Waals surface area contributed by atoms with Crippen LogP contribution in [0.15, 0.2) is 66.1 Å². The van der Waals surface area contributed by atoms with Crippen molar-refractivity contribution in [1.82, 2.24) is 9.97 Å². The number of Topliss-reactive ketones (excluding diaryl/α,β-unsaturated/α-hetero) is 1. The molecule has 2 aromatic rings. The highest BCUT2D eigenvalue weighted by molar-refractivity contribution is 6.14. The number of fused-ring (bicyclic) bond motifs is 1. The zero-order valence-corrected chi connectivity index (χ0v) is 16.5. The van der Waals surface area contributed by atoms with E-state index >= 15 is 0 Å². The topological polar surface area (TPSA) is 67.5 Å². The van der Waals surface area contributed by atoms with Crippen molar-refractivity contribution < 1.29 is 9.59 Å². The van der Waals surface area contributed by atoms with E-state index in [0.29, 0.717) is 17.9 Å². The molecule has 6 nitrogen and oxygen atoms in total. The average Bonchev–Trinajstić information content (AvgIpc) is 2.72. The van der Waals surface area contributed by atoms with Crippen LogP contribution in [0.1, 0.15) is 25.1 Å². The molecule has 29 heavy (non-hydrogen) atoms. The SMILES string of the molecule is [C-]#[N+]C1=C[C@@]2(c3ccccc3)C(=O)N(c3cc(C)ncn3)CC=C2C(C)(C)C1=O. The predicted octanol–water partition coefficient (Wildman–Crippen LogP) is 3.41. The Bertz CT molecular complexity index is 1130. The van der Waals surface area contributed by atoms with E-state index in [1.54, 1.807) is 24.8 Å². The van der Waals surface area contributed by atoms with Crippen molar-refractivity contribution in [2.75, 3.05) is 11.4 Å². The summed E-state index contributed by atoms with van der Waals surface area (Å²) >= 11 is 0. The van der Waals surface area contributed by atoms with Crippen LogP contribution in [0.3, 0.4) is 0 Å². The minimum absolute atomic E-state index is 0.00919. The Kier molecular flexibility index (Phi) is 4.20. The Balaban J connectivity index is 2.02. The largest absolute Gasteiger partial charge is 0.307 e. The van der Waals surface area contributed by atoms with E-state index in [2.05, 4.69) is 14.8 Å². The molecule has 0 N–H and O–H groups in total. The molecule has 2 heterocycles. The summed E-state index contributed by atoms with van der Waals surface area (Å²) < 4.78 is 0. The molecule has 0 radical (unpaired) electrons. The van der Waals surface area contributed by atoms with Gasteiger partial charge in [0.2, 0.25) is 11.6 Å². The molecule has 1 aromatic heterocycles. The zero-order valence-electron chi connectivity index (χ0n) is 16.5. The lowest BCUT2D eigenvalue weighted by Crippen LogP contribution is -2.57. The second kappa shape index (κ2) is 6.49. The van der Waals surface area contributed by atoms with Crippen LogP contribution in [0.25, 0.3) is 4.85 Å². The van der Waals surface area contributed by atoms with Crippen LogP contribution in [0.4, 0.5) is 5.82 Å². The minimum atomic E-state index is -1.23. The Morgan fingerprint density at radius 3 is 2.52 bits per heavy atom. The van der Waals surface area contributed by atoms with E-state index in [1.807, 2.05) is 43.3 Å². The number of ketones is 1. The number of benzene rings is 1. The van der Waals surface area contributed by atoms with E-state index < -0.39 is 10.8 Å².